The van der Waals surface area contributed by atoms with Gasteiger partial charge < -0.3 is 9.84 Å². The molecule has 1 N–H and O–H groups in total. The molecular formula is C13H12N2O3. The molecule has 1 aromatic carbocycles. The standard InChI is InChI=1S/C13H12N2O3/c1-15-11(7-10(14-15)13(16)17)9-4-2-3-8-5-6-18-12(8)9/h2-4,7H,5-6H2,1H3,(H,16,17). The van der Waals surface area contributed by atoms with E-state index in [0.717, 1.165) is 29.0 Å². The van der Waals surface area contributed by atoms with E-state index >= 15 is 0 Å². The Bertz CT molecular complexity index is 631. The topological polar surface area (TPSA) is 64.4 Å². The van der Waals surface area contributed by atoms with Crippen LogP contribution in [0, 0.1) is 0 Å². The lowest BCUT2D eigenvalue weighted by atomic mass is 10.1. The molecule has 0 saturated heterocycles. The zero-order chi connectivity index (χ0) is 12.7. The lowest BCUT2D eigenvalue weighted by molar-refractivity contribution is 0.0689. The van der Waals surface area contributed by atoms with Gasteiger partial charge in [-0.05, 0) is 17.7 Å². The monoisotopic (exact) mass is 244 g/mol. The second-order valence-electron chi connectivity index (χ2n) is 4.24. The van der Waals surface area contributed by atoms with Gasteiger partial charge in [0.05, 0.1) is 12.3 Å². The number of para-hydroxylation sites is 1. The van der Waals surface area contributed by atoms with Crippen LogP contribution in [0.3, 0.4) is 0 Å². The van der Waals surface area contributed by atoms with E-state index in [1.54, 1.807) is 17.8 Å². The first-order valence-corrected chi connectivity index (χ1v) is 5.69. The number of hydrogen-bond donors (Lipinski definition) is 1. The van der Waals surface area contributed by atoms with Crippen molar-refractivity contribution >= 4 is 5.97 Å². The lowest BCUT2D eigenvalue weighted by Crippen LogP contribution is -1.99. The number of carboxylic acids is 1. The molecule has 0 radical (unpaired) electrons. The molecule has 0 bridgehead atoms. The molecule has 0 fully saturated rings. The fourth-order valence-electron chi connectivity index (χ4n) is 2.24. The van der Waals surface area contributed by atoms with Crippen LogP contribution in [0.5, 0.6) is 5.75 Å². The Morgan fingerprint density at radius 3 is 3.06 bits per heavy atom. The van der Waals surface area contributed by atoms with Crippen molar-refractivity contribution in [3.8, 4) is 17.0 Å². The minimum absolute atomic E-state index is 0.0445. The molecule has 0 saturated carbocycles. The Balaban J connectivity index is 2.16. The van der Waals surface area contributed by atoms with E-state index in [2.05, 4.69) is 5.10 Å². The quantitative estimate of drug-likeness (QED) is 0.873. The zero-order valence-corrected chi connectivity index (χ0v) is 9.88. The number of carboxylic acid groups (broad SMARTS) is 1. The Labute approximate surface area is 104 Å². The van der Waals surface area contributed by atoms with Gasteiger partial charge in [-0.2, -0.15) is 5.10 Å². The predicted octanol–water partition coefficient (Wildman–Crippen LogP) is 1.72. The molecule has 3 rings (SSSR count). The van der Waals surface area contributed by atoms with Gasteiger partial charge >= 0.3 is 5.97 Å². The number of benzene rings is 1. The van der Waals surface area contributed by atoms with Crippen molar-refractivity contribution in [3.05, 3.63) is 35.5 Å². The Kier molecular flexibility index (Phi) is 2.33. The average Bonchev–Trinajstić information content (AvgIpc) is 2.94. The third kappa shape index (κ3) is 1.55. The second kappa shape index (κ2) is 3.87. The number of aryl methyl sites for hydroxylation is 1. The van der Waals surface area contributed by atoms with Crippen molar-refractivity contribution in [2.45, 2.75) is 6.42 Å². The highest BCUT2D eigenvalue weighted by atomic mass is 16.5. The maximum absolute atomic E-state index is 10.9. The lowest BCUT2D eigenvalue weighted by Gasteiger charge is -2.07. The zero-order valence-electron chi connectivity index (χ0n) is 9.88. The largest absolute Gasteiger partial charge is 0.492 e. The van der Waals surface area contributed by atoms with Gasteiger partial charge in [0, 0.05) is 19.0 Å². The first-order valence-electron chi connectivity index (χ1n) is 5.69. The molecule has 0 unspecified atom stereocenters. The van der Waals surface area contributed by atoms with Crippen LogP contribution in [0.1, 0.15) is 16.1 Å². The van der Waals surface area contributed by atoms with E-state index in [4.69, 9.17) is 9.84 Å². The van der Waals surface area contributed by atoms with Crippen LogP contribution in [0.15, 0.2) is 24.3 Å². The SMILES string of the molecule is Cn1nc(C(=O)O)cc1-c1cccc2c1OCC2. The molecule has 1 aromatic heterocycles. The van der Waals surface area contributed by atoms with Gasteiger partial charge in [0.25, 0.3) is 0 Å². The van der Waals surface area contributed by atoms with E-state index in [0.29, 0.717) is 6.61 Å². The molecule has 0 spiro atoms. The van der Waals surface area contributed by atoms with E-state index in [9.17, 15) is 4.79 Å². The Morgan fingerprint density at radius 1 is 1.50 bits per heavy atom. The summed E-state index contributed by atoms with van der Waals surface area (Å²) in [5, 5.41) is 12.9. The minimum Gasteiger partial charge on any atom is -0.492 e. The summed E-state index contributed by atoms with van der Waals surface area (Å²) in [5.74, 6) is -0.178. The smallest absolute Gasteiger partial charge is 0.356 e. The van der Waals surface area contributed by atoms with Gasteiger partial charge in [0.1, 0.15) is 5.75 Å². The van der Waals surface area contributed by atoms with Crippen LogP contribution in [-0.4, -0.2) is 27.5 Å². The van der Waals surface area contributed by atoms with Crippen LogP contribution in [-0.2, 0) is 13.5 Å². The number of nitrogens with zero attached hydrogens (tertiary/aromatic N) is 2. The highest BCUT2D eigenvalue weighted by Gasteiger charge is 2.20. The highest BCUT2D eigenvalue weighted by Crippen LogP contribution is 2.36. The summed E-state index contributed by atoms with van der Waals surface area (Å²) in [5.41, 5.74) is 2.85. The predicted molar refractivity (Wildman–Crippen MR) is 64.8 cm³/mol. The minimum atomic E-state index is -1.02. The summed E-state index contributed by atoms with van der Waals surface area (Å²) in [4.78, 5) is 10.9. The Morgan fingerprint density at radius 2 is 2.33 bits per heavy atom. The normalized spacial score (nSPS) is 13.2. The first-order chi connectivity index (χ1) is 8.66. The van der Waals surface area contributed by atoms with Crippen molar-refractivity contribution in [1.82, 2.24) is 9.78 Å². The van der Waals surface area contributed by atoms with Gasteiger partial charge in [0.15, 0.2) is 5.69 Å². The van der Waals surface area contributed by atoms with Crippen molar-refractivity contribution in [1.29, 1.82) is 0 Å². The van der Waals surface area contributed by atoms with E-state index in [-0.39, 0.29) is 5.69 Å². The van der Waals surface area contributed by atoms with Crippen LogP contribution in [0.2, 0.25) is 0 Å². The van der Waals surface area contributed by atoms with Crippen molar-refractivity contribution in [2.75, 3.05) is 6.61 Å². The Hall–Kier alpha value is -2.30. The van der Waals surface area contributed by atoms with Gasteiger partial charge in [0.2, 0.25) is 0 Å². The second-order valence-corrected chi connectivity index (χ2v) is 4.24. The molecule has 2 heterocycles. The molecule has 5 heteroatoms. The summed E-state index contributed by atoms with van der Waals surface area (Å²) in [6, 6.07) is 7.48. The fraction of sp³-hybridized carbons (Fsp3) is 0.231. The van der Waals surface area contributed by atoms with Gasteiger partial charge in [-0.1, -0.05) is 12.1 Å². The molecular weight excluding hydrogens is 232 g/mol. The van der Waals surface area contributed by atoms with Crippen LogP contribution >= 0.6 is 0 Å². The molecule has 0 aliphatic carbocycles. The summed E-state index contributed by atoms with van der Waals surface area (Å²) in [7, 11) is 1.73. The van der Waals surface area contributed by atoms with Crippen molar-refractivity contribution in [2.24, 2.45) is 7.05 Å². The van der Waals surface area contributed by atoms with Crippen molar-refractivity contribution < 1.29 is 14.6 Å². The maximum Gasteiger partial charge on any atom is 0.356 e. The number of ether oxygens (including phenoxy) is 1. The molecule has 0 atom stereocenters. The van der Waals surface area contributed by atoms with Gasteiger partial charge in [-0.25, -0.2) is 4.79 Å². The maximum atomic E-state index is 10.9. The van der Waals surface area contributed by atoms with Gasteiger partial charge in [-0.3, -0.25) is 4.68 Å². The van der Waals surface area contributed by atoms with Gasteiger partial charge in [-0.15, -0.1) is 0 Å². The number of fused-ring (bicyclic) bond motifs is 1. The van der Waals surface area contributed by atoms with Crippen LogP contribution in [0.4, 0.5) is 0 Å². The number of aromatic carboxylic acids is 1. The average molecular weight is 244 g/mol. The molecule has 5 nitrogen and oxygen atoms in total. The first kappa shape index (κ1) is 10.8. The summed E-state index contributed by atoms with van der Waals surface area (Å²) < 4.78 is 7.19. The third-order valence-electron chi connectivity index (χ3n) is 3.09. The number of rotatable bonds is 2. The molecule has 18 heavy (non-hydrogen) atoms. The van der Waals surface area contributed by atoms with Crippen LogP contribution in [0.25, 0.3) is 11.3 Å². The fourth-order valence-corrected chi connectivity index (χ4v) is 2.24. The van der Waals surface area contributed by atoms with E-state index in [1.165, 1.54) is 0 Å². The molecule has 1 aliphatic heterocycles. The van der Waals surface area contributed by atoms with E-state index < -0.39 is 5.97 Å². The third-order valence-corrected chi connectivity index (χ3v) is 3.09. The van der Waals surface area contributed by atoms with Crippen LogP contribution < -0.4 is 4.74 Å². The van der Waals surface area contributed by atoms with Crippen molar-refractivity contribution in [3.63, 3.8) is 0 Å². The molecule has 92 valence electrons. The highest BCUT2D eigenvalue weighted by molar-refractivity contribution is 5.87. The summed E-state index contributed by atoms with van der Waals surface area (Å²) in [6.45, 7) is 0.677. The van der Waals surface area contributed by atoms with E-state index in [1.807, 2.05) is 18.2 Å². The molecule has 2 aromatic rings. The summed E-state index contributed by atoms with van der Waals surface area (Å²) >= 11 is 0. The molecule has 0 amide bonds. The molecule has 1 aliphatic rings. The number of hydrogen-bond acceptors (Lipinski definition) is 3. The number of carbonyl (C=O) groups is 1. The number of aromatic nitrogens is 2. The summed E-state index contributed by atoms with van der Waals surface area (Å²) in [6.07, 6.45) is 0.896.